The summed E-state index contributed by atoms with van der Waals surface area (Å²) in [7, 11) is 0. The second-order valence-corrected chi connectivity index (χ2v) is 33.5. The van der Waals surface area contributed by atoms with E-state index in [1.807, 2.05) is 18.5 Å². The minimum Gasteiger partial charge on any atom is -0.354 e. The molecule has 0 bridgehead atoms. The van der Waals surface area contributed by atoms with Gasteiger partial charge in [-0.3, -0.25) is 4.98 Å². The van der Waals surface area contributed by atoms with E-state index in [1.54, 1.807) is 0 Å². The van der Waals surface area contributed by atoms with Crippen LogP contribution in [0.1, 0.15) is 25.0 Å². The average Bonchev–Trinajstić information content (AvgIpc) is 1.57. The zero-order valence-corrected chi connectivity index (χ0v) is 67.5. The van der Waals surface area contributed by atoms with Gasteiger partial charge in [0.25, 0.3) is 0 Å². The van der Waals surface area contributed by atoms with Crippen LogP contribution in [-0.2, 0) is 5.41 Å². The van der Waals surface area contributed by atoms with Crippen LogP contribution in [0.15, 0.2) is 413 Å². The average molecular weight is 1570 g/mol. The summed E-state index contributed by atoms with van der Waals surface area (Å²) in [5, 5.41) is 22.9. The summed E-state index contributed by atoms with van der Waals surface area (Å²) >= 11 is 0. The molecule has 0 saturated heterocycles. The Morgan fingerprint density at radius 2 is 0.537 bits per heavy atom. The highest BCUT2D eigenvalue weighted by molar-refractivity contribution is 6.27. The Morgan fingerprint density at radius 3 is 0.976 bits per heavy atom. The van der Waals surface area contributed by atoms with Gasteiger partial charge in [-0.15, -0.1) is 0 Å². The van der Waals surface area contributed by atoms with Crippen molar-refractivity contribution in [3.05, 3.63) is 424 Å². The molecule has 1 aliphatic carbocycles. The predicted octanol–water partition coefficient (Wildman–Crippen LogP) is 31.1. The number of hydrogen-bond acceptors (Lipinski definition) is 1. The van der Waals surface area contributed by atoms with E-state index in [0.29, 0.717) is 0 Å². The maximum atomic E-state index is 4.38. The highest BCUT2D eigenvalue weighted by Gasteiger charge is 2.36. The van der Waals surface area contributed by atoms with Crippen molar-refractivity contribution in [2.24, 2.45) is 0 Å². The van der Waals surface area contributed by atoms with Crippen LogP contribution in [0, 0.1) is 0 Å². The fourth-order valence-electron chi connectivity index (χ4n) is 20.9. The quantitative estimate of drug-likeness (QED) is 0.146. The van der Waals surface area contributed by atoms with E-state index in [-0.39, 0.29) is 5.41 Å². The minimum absolute atomic E-state index is 0.0455. The van der Waals surface area contributed by atoms with Crippen LogP contribution in [0.2, 0.25) is 0 Å². The van der Waals surface area contributed by atoms with Gasteiger partial charge >= 0.3 is 0 Å². The summed E-state index contributed by atoms with van der Waals surface area (Å²) in [5.74, 6) is 0. The van der Waals surface area contributed by atoms with E-state index in [1.165, 1.54) is 241 Å². The van der Waals surface area contributed by atoms with Crippen LogP contribution in [0.3, 0.4) is 0 Å². The molecule has 27 rings (SSSR count). The van der Waals surface area contributed by atoms with Gasteiger partial charge in [0.2, 0.25) is 0 Å². The molecule has 7 nitrogen and oxygen atoms in total. The third kappa shape index (κ3) is 10.9. The molecule has 0 aliphatic heterocycles. The van der Waals surface area contributed by atoms with Gasteiger partial charge in [-0.2, -0.15) is 0 Å². The number of pyridine rings is 1. The number of H-pyrrole nitrogens is 3. The third-order valence-electron chi connectivity index (χ3n) is 26.4. The molecular formula is C116H77N7. The van der Waals surface area contributed by atoms with Crippen LogP contribution in [0.4, 0.5) is 0 Å². The van der Waals surface area contributed by atoms with Gasteiger partial charge < -0.3 is 28.7 Å². The Hall–Kier alpha value is -16.1. The maximum absolute atomic E-state index is 4.38. The van der Waals surface area contributed by atoms with Gasteiger partial charge in [0.1, 0.15) is 0 Å². The number of aromatic amines is 3. The summed E-state index contributed by atoms with van der Waals surface area (Å²) in [6.45, 7) is 4.71. The van der Waals surface area contributed by atoms with Gasteiger partial charge in [0, 0.05) is 121 Å². The topological polar surface area (TPSA) is 75.0 Å². The number of benzene rings is 19. The molecule has 19 aromatic carbocycles. The fourth-order valence-corrected chi connectivity index (χ4v) is 20.9. The molecule has 0 spiro atoms. The van der Waals surface area contributed by atoms with E-state index in [4.69, 9.17) is 0 Å². The second-order valence-electron chi connectivity index (χ2n) is 33.5. The molecule has 576 valence electrons. The lowest BCUT2D eigenvalue weighted by atomic mass is 9.82. The SMILES string of the molecule is CC1(C)c2ccccc2-c2ccc(-n3c4ccccc4c4cc(-c5cc6[nH]c7ccccc7c6c6ccccc56)ccc43)cc21.c1ccc(-c2ccc(-n3c4ccccc4c4cc(-c5cc6[nH]c7ccccc7c6c6ccccc56)ccc43)cc2)cc1.c1cncc(-n2c3ccccc3c3cc(-c4cc5[nH]c6ccccc6c5c5ccccc45)ccc32)c1. The smallest absolute Gasteiger partial charge is 0.0645 e. The number of aromatic nitrogens is 7. The second kappa shape index (κ2) is 27.5. The number of nitrogens with zero attached hydrogens (tertiary/aromatic N) is 4. The van der Waals surface area contributed by atoms with E-state index < -0.39 is 0 Å². The number of rotatable bonds is 7. The molecule has 26 aromatic rings. The lowest BCUT2D eigenvalue weighted by Gasteiger charge is -2.22. The first-order valence-corrected chi connectivity index (χ1v) is 42.5. The molecule has 0 saturated carbocycles. The van der Waals surface area contributed by atoms with Crippen LogP contribution in [0.25, 0.3) is 236 Å². The van der Waals surface area contributed by atoms with Crippen molar-refractivity contribution in [1.82, 2.24) is 33.6 Å². The van der Waals surface area contributed by atoms with Crippen LogP contribution >= 0.6 is 0 Å². The van der Waals surface area contributed by atoms with Crippen LogP contribution in [0.5, 0.6) is 0 Å². The van der Waals surface area contributed by atoms with Crippen LogP contribution < -0.4 is 0 Å². The minimum atomic E-state index is -0.0455. The van der Waals surface area contributed by atoms with Gasteiger partial charge in [0.05, 0.1) is 45.0 Å². The molecule has 0 amide bonds. The van der Waals surface area contributed by atoms with E-state index >= 15 is 0 Å². The van der Waals surface area contributed by atoms with E-state index in [2.05, 4.69) is 442 Å². The molecule has 1 aliphatic rings. The number of nitrogens with one attached hydrogen (secondary N) is 3. The molecule has 7 aromatic heterocycles. The van der Waals surface area contributed by atoms with Crippen molar-refractivity contribution in [3.8, 4) is 72.7 Å². The summed E-state index contributed by atoms with van der Waals surface area (Å²) in [6, 6.07) is 146. The number of fused-ring (bicyclic) bond motifs is 27. The molecule has 3 N–H and O–H groups in total. The van der Waals surface area contributed by atoms with Crippen molar-refractivity contribution in [2.75, 3.05) is 0 Å². The molecule has 123 heavy (non-hydrogen) atoms. The number of hydrogen-bond donors (Lipinski definition) is 3. The summed E-state index contributed by atoms with van der Waals surface area (Å²) in [5.41, 5.74) is 33.1. The normalized spacial score (nSPS) is 12.5. The Morgan fingerprint density at radius 1 is 0.203 bits per heavy atom. The van der Waals surface area contributed by atoms with E-state index in [0.717, 1.165) is 5.69 Å². The molecule has 0 unspecified atom stereocenters. The third-order valence-corrected chi connectivity index (χ3v) is 26.4. The zero-order chi connectivity index (χ0) is 81.1. The van der Waals surface area contributed by atoms with Crippen molar-refractivity contribution >= 4 is 163 Å². The number of para-hydroxylation sites is 6. The molecule has 0 fully saturated rings. The first kappa shape index (κ1) is 70.0. The first-order valence-electron chi connectivity index (χ1n) is 42.5. The van der Waals surface area contributed by atoms with Gasteiger partial charge in [0.15, 0.2) is 0 Å². The molecule has 0 atom stereocenters. The van der Waals surface area contributed by atoms with Crippen molar-refractivity contribution in [2.45, 2.75) is 19.3 Å². The first-order chi connectivity index (χ1) is 60.8. The summed E-state index contributed by atoms with van der Waals surface area (Å²) in [6.07, 6.45) is 3.75. The lowest BCUT2D eigenvalue weighted by molar-refractivity contribution is 0.660. The fraction of sp³-hybridized carbons (Fsp3) is 0.0259. The Bertz CT molecular complexity index is 8850. The van der Waals surface area contributed by atoms with Gasteiger partial charge in [-0.1, -0.05) is 287 Å². The van der Waals surface area contributed by atoms with Crippen molar-refractivity contribution in [1.29, 1.82) is 0 Å². The largest absolute Gasteiger partial charge is 0.354 e. The molecule has 0 radical (unpaired) electrons. The van der Waals surface area contributed by atoms with E-state index in [9.17, 15) is 0 Å². The summed E-state index contributed by atoms with van der Waals surface area (Å²) in [4.78, 5) is 15.4. The monoisotopic (exact) mass is 1570 g/mol. The Labute approximate surface area is 707 Å². The maximum Gasteiger partial charge on any atom is 0.0645 e. The highest BCUT2D eigenvalue weighted by Crippen LogP contribution is 2.51. The predicted molar refractivity (Wildman–Crippen MR) is 520 cm³/mol. The Balaban J connectivity index is 0.000000102. The molecular weight excluding hydrogens is 1490 g/mol. The molecule has 7 heterocycles. The summed E-state index contributed by atoms with van der Waals surface area (Å²) < 4.78 is 7.15. The zero-order valence-electron chi connectivity index (χ0n) is 67.5. The lowest BCUT2D eigenvalue weighted by Crippen LogP contribution is -2.15. The highest BCUT2D eigenvalue weighted by atomic mass is 15.0. The Kier molecular flexibility index (Phi) is 15.6. The standard InChI is InChI=1S/C43H30N2.C40H26N2.C33H21N3/c1-43(2)36-16-8-5-12-29(36)30-21-20-27(24-37(30)43)45-40-18-10-7-13-31(40)35-23-26(19-22-41(35)45)34-25-39-42(32-14-4-3-11-28(32)34)33-15-6-9-17-38(33)44-39;1-2-10-26(11-3-1)27-18-21-29(22-19-27)42-38-17-9-7-13-31(38)35-24-28(20-23-39(35)42)34-25-37-40(32-14-5-4-12-30(32)34)33-15-6-8-16-36(33)41-37;1-2-11-25-23(9-1)27(19-30-33(25)26-12-3-5-13-29(26)35-30)21-15-16-32-28(18-21)24-10-4-6-14-31(24)36(32)22-8-7-17-34-20-22/h3-25,44H,1-2H3;1-25,41H;1-20,35H. The van der Waals surface area contributed by atoms with Crippen molar-refractivity contribution < 1.29 is 0 Å². The van der Waals surface area contributed by atoms with Crippen LogP contribution in [-0.4, -0.2) is 33.6 Å². The molecule has 7 heteroatoms. The van der Waals surface area contributed by atoms with Gasteiger partial charge in [-0.05, 0) is 226 Å². The van der Waals surface area contributed by atoms with Crippen molar-refractivity contribution in [3.63, 3.8) is 0 Å². The van der Waals surface area contributed by atoms with Gasteiger partial charge in [-0.25, -0.2) is 0 Å².